The lowest BCUT2D eigenvalue weighted by molar-refractivity contribution is -0.384. The van der Waals surface area contributed by atoms with Crippen LogP contribution in [0, 0.1) is 10.1 Å². The number of ether oxygens (including phenoxy) is 1. The van der Waals surface area contributed by atoms with Crippen molar-refractivity contribution >= 4 is 17.3 Å². The molecule has 0 radical (unpaired) electrons. The van der Waals surface area contributed by atoms with Crippen LogP contribution in [0.4, 0.5) is 11.4 Å². The van der Waals surface area contributed by atoms with E-state index < -0.39 is 10.9 Å². The Kier molecular flexibility index (Phi) is 3.69. The average Bonchev–Trinajstić information content (AvgIpc) is 2.34. The van der Waals surface area contributed by atoms with E-state index in [-0.39, 0.29) is 5.69 Å². The number of methoxy groups -OCH3 is 1. The molecule has 2 rings (SSSR count). The number of hydrogen-bond donors (Lipinski definition) is 0. The summed E-state index contributed by atoms with van der Waals surface area (Å²) in [6.45, 7) is 0. The minimum atomic E-state index is -0.488. The number of nitrogens with zero attached hydrogens (tertiary/aromatic N) is 2. The molecule has 19 heavy (non-hydrogen) atoms. The molecule has 0 saturated heterocycles. The standard InChI is InChI=1S/C13H16N2O4/c1-14(10-4-3-5-10)12-8-9(13(16)19-2)6-7-11(12)15(17)18/h6-8,10H,3-5H2,1-2H3. The zero-order chi connectivity index (χ0) is 14.0. The molecule has 6 heteroatoms. The summed E-state index contributed by atoms with van der Waals surface area (Å²) in [5.74, 6) is -0.488. The number of carbonyl (C=O) groups is 1. The van der Waals surface area contributed by atoms with E-state index in [2.05, 4.69) is 4.74 Å². The van der Waals surface area contributed by atoms with Gasteiger partial charge < -0.3 is 9.64 Å². The highest BCUT2D eigenvalue weighted by atomic mass is 16.6. The third-order valence-electron chi connectivity index (χ3n) is 3.60. The molecule has 0 atom stereocenters. The van der Waals surface area contributed by atoms with E-state index in [4.69, 9.17) is 0 Å². The van der Waals surface area contributed by atoms with Gasteiger partial charge in [0.25, 0.3) is 5.69 Å². The van der Waals surface area contributed by atoms with Crippen LogP contribution in [-0.2, 0) is 4.74 Å². The smallest absolute Gasteiger partial charge is 0.337 e. The molecule has 1 aliphatic rings. The van der Waals surface area contributed by atoms with Crippen LogP contribution in [0.15, 0.2) is 18.2 Å². The Hall–Kier alpha value is -2.11. The van der Waals surface area contributed by atoms with Crippen LogP contribution >= 0.6 is 0 Å². The van der Waals surface area contributed by atoms with Crippen LogP contribution in [0.5, 0.6) is 0 Å². The third-order valence-corrected chi connectivity index (χ3v) is 3.60. The van der Waals surface area contributed by atoms with Gasteiger partial charge in [-0.05, 0) is 31.4 Å². The van der Waals surface area contributed by atoms with Crippen molar-refractivity contribution in [1.29, 1.82) is 0 Å². The van der Waals surface area contributed by atoms with Crippen LogP contribution in [0.3, 0.4) is 0 Å². The Morgan fingerprint density at radius 1 is 1.47 bits per heavy atom. The molecule has 1 saturated carbocycles. The summed E-state index contributed by atoms with van der Waals surface area (Å²) in [5.41, 5.74) is 0.814. The second-order valence-corrected chi connectivity index (χ2v) is 4.65. The van der Waals surface area contributed by atoms with Gasteiger partial charge in [0.15, 0.2) is 0 Å². The van der Waals surface area contributed by atoms with Gasteiger partial charge in [0.2, 0.25) is 0 Å². The molecule has 0 amide bonds. The van der Waals surface area contributed by atoms with Gasteiger partial charge >= 0.3 is 5.97 Å². The van der Waals surface area contributed by atoms with Crippen LogP contribution < -0.4 is 4.90 Å². The molecule has 102 valence electrons. The van der Waals surface area contributed by atoms with E-state index in [0.29, 0.717) is 17.3 Å². The molecule has 1 fully saturated rings. The van der Waals surface area contributed by atoms with Crippen LogP contribution in [0.1, 0.15) is 29.6 Å². The Morgan fingerprint density at radius 3 is 2.63 bits per heavy atom. The van der Waals surface area contributed by atoms with Crippen LogP contribution in [0.2, 0.25) is 0 Å². The molecule has 0 unspecified atom stereocenters. The van der Waals surface area contributed by atoms with Crippen molar-refractivity contribution < 1.29 is 14.5 Å². The van der Waals surface area contributed by atoms with E-state index in [1.54, 1.807) is 0 Å². The number of carbonyl (C=O) groups excluding carboxylic acids is 1. The normalized spacial score (nSPS) is 14.6. The molecule has 0 N–H and O–H groups in total. The summed E-state index contributed by atoms with van der Waals surface area (Å²) in [5, 5.41) is 11.1. The number of anilines is 1. The summed E-state index contributed by atoms with van der Waals surface area (Å²) in [6, 6.07) is 4.62. The van der Waals surface area contributed by atoms with Crippen molar-refractivity contribution in [2.45, 2.75) is 25.3 Å². The van der Waals surface area contributed by atoms with Crippen molar-refractivity contribution in [2.75, 3.05) is 19.1 Å². The maximum absolute atomic E-state index is 11.5. The van der Waals surface area contributed by atoms with Gasteiger partial charge in [0, 0.05) is 19.2 Å². The molecular weight excluding hydrogens is 248 g/mol. The van der Waals surface area contributed by atoms with E-state index in [0.717, 1.165) is 19.3 Å². The molecule has 1 aliphatic carbocycles. The summed E-state index contributed by atoms with van der Waals surface area (Å²) in [4.78, 5) is 24.0. The lowest BCUT2D eigenvalue weighted by Crippen LogP contribution is -2.37. The first-order valence-electron chi connectivity index (χ1n) is 6.14. The van der Waals surface area contributed by atoms with Crippen molar-refractivity contribution in [3.63, 3.8) is 0 Å². The van der Waals surface area contributed by atoms with Gasteiger partial charge in [-0.3, -0.25) is 10.1 Å². The maximum atomic E-state index is 11.5. The molecule has 1 aromatic carbocycles. The molecule has 0 heterocycles. The average molecular weight is 264 g/mol. The summed E-state index contributed by atoms with van der Waals surface area (Å²) in [7, 11) is 3.12. The number of nitro benzene ring substituents is 1. The fourth-order valence-corrected chi connectivity index (χ4v) is 2.18. The highest BCUT2D eigenvalue weighted by molar-refractivity contribution is 5.91. The molecule has 0 aromatic heterocycles. The number of rotatable bonds is 4. The quantitative estimate of drug-likeness (QED) is 0.474. The van der Waals surface area contributed by atoms with Crippen molar-refractivity contribution in [1.82, 2.24) is 0 Å². The Balaban J connectivity index is 2.40. The SMILES string of the molecule is COC(=O)c1ccc([N+](=O)[O-])c(N(C)C2CCC2)c1. The lowest BCUT2D eigenvalue weighted by Gasteiger charge is -2.36. The zero-order valence-electron chi connectivity index (χ0n) is 11.0. The second-order valence-electron chi connectivity index (χ2n) is 4.65. The van der Waals surface area contributed by atoms with Gasteiger partial charge in [-0.2, -0.15) is 0 Å². The van der Waals surface area contributed by atoms with Crippen LogP contribution in [-0.4, -0.2) is 31.1 Å². The summed E-state index contributed by atoms with van der Waals surface area (Å²) >= 11 is 0. The predicted octanol–water partition coefficient (Wildman–Crippen LogP) is 2.37. The topological polar surface area (TPSA) is 72.7 Å². The minimum Gasteiger partial charge on any atom is -0.465 e. The van der Waals surface area contributed by atoms with Crippen molar-refractivity contribution in [2.24, 2.45) is 0 Å². The van der Waals surface area contributed by atoms with Gasteiger partial charge in [-0.25, -0.2) is 4.79 Å². The zero-order valence-corrected chi connectivity index (χ0v) is 11.0. The van der Waals surface area contributed by atoms with Crippen molar-refractivity contribution in [3.8, 4) is 0 Å². The predicted molar refractivity (Wildman–Crippen MR) is 70.5 cm³/mol. The highest BCUT2D eigenvalue weighted by Crippen LogP contribution is 2.34. The first-order chi connectivity index (χ1) is 9.04. The molecule has 0 aliphatic heterocycles. The molecule has 0 bridgehead atoms. The van der Waals surface area contributed by atoms with Gasteiger partial charge in [-0.1, -0.05) is 0 Å². The minimum absolute atomic E-state index is 0.0158. The fraction of sp³-hybridized carbons (Fsp3) is 0.462. The van der Waals surface area contributed by atoms with E-state index in [9.17, 15) is 14.9 Å². The molecule has 1 aromatic rings. The summed E-state index contributed by atoms with van der Waals surface area (Å²) in [6.07, 6.45) is 3.19. The third kappa shape index (κ3) is 2.52. The Morgan fingerprint density at radius 2 is 2.16 bits per heavy atom. The fourth-order valence-electron chi connectivity index (χ4n) is 2.18. The summed E-state index contributed by atoms with van der Waals surface area (Å²) < 4.78 is 4.64. The highest BCUT2D eigenvalue weighted by Gasteiger charge is 2.28. The second kappa shape index (κ2) is 5.26. The van der Waals surface area contributed by atoms with Gasteiger partial charge in [0.1, 0.15) is 5.69 Å². The number of hydrogen-bond acceptors (Lipinski definition) is 5. The van der Waals surface area contributed by atoms with E-state index in [1.165, 1.54) is 25.3 Å². The van der Waals surface area contributed by atoms with Crippen LogP contribution in [0.25, 0.3) is 0 Å². The first-order valence-corrected chi connectivity index (χ1v) is 6.14. The lowest BCUT2D eigenvalue weighted by atomic mass is 9.91. The van der Waals surface area contributed by atoms with Crippen molar-refractivity contribution in [3.05, 3.63) is 33.9 Å². The number of benzene rings is 1. The molecular formula is C13H16N2O4. The molecule has 0 spiro atoms. The van der Waals surface area contributed by atoms with E-state index in [1.807, 2.05) is 11.9 Å². The monoisotopic (exact) mass is 264 g/mol. The number of nitro groups is 1. The first kappa shape index (κ1) is 13.3. The largest absolute Gasteiger partial charge is 0.465 e. The maximum Gasteiger partial charge on any atom is 0.337 e. The van der Waals surface area contributed by atoms with E-state index >= 15 is 0 Å². The van der Waals surface area contributed by atoms with Gasteiger partial charge in [-0.15, -0.1) is 0 Å². The van der Waals surface area contributed by atoms with Gasteiger partial charge in [0.05, 0.1) is 17.6 Å². The Labute approximate surface area is 111 Å². The number of esters is 1. The Bertz CT molecular complexity index is 511. The molecule has 6 nitrogen and oxygen atoms in total.